The first kappa shape index (κ1) is 24.3. The number of primary amides is 1. The first-order valence-corrected chi connectivity index (χ1v) is 10.7. The van der Waals surface area contributed by atoms with Crippen LogP contribution in [0, 0.1) is 6.92 Å². The van der Waals surface area contributed by atoms with Gasteiger partial charge in [0.25, 0.3) is 5.91 Å². The van der Waals surface area contributed by atoms with Gasteiger partial charge in [-0.25, -0.2) is 9.48 Å². The molecule has 0 atom stereocenters. The number of likely N-dealkylation sites (tertiary alicyclic amines) is 1. The summed E-state index contributed by atoms with van der Waals surface area (Å²) < 4.78 is 1.66. The van der Waals surface area contributed by atoms with E-state index in [1.807, 2.05) is 61.5 Å². The van der Waals surface area contributed by atoms with Crippen LogP contribution in [0.25, 0.3) is 16.9 Å². The molecule has 8 nitrogen and oxygen atoms in total. The van der Waals surface area contributed by atoms with E-state index in [1.165, 1.54) is 0 Å². The monoisotopic (exact) mass is 466 g/mol. The molecule has 3 amide bonds. The zero-order valence-electron chi connectivity index (χ0n) is 18.8. The van der Waals surface area contributed by atoms with E-state index in [1.54, 1.807) is 4.68 Å². The van der Waals surface area contributed by atoms with E-state index in [-0.39, 0.29) is 25.4 Å². The Balaban J connectivity index is 0.00000306. The molecule has 174 valence electrons. The van der Waals surface area contributed by atoms with Crippen molar-refractivity contribution in [3.63, 3.8) is 0 Å². The summed E-state index contributed by atoms with van der Waals surface area (Å²) in [5.74, 6) is 0.455. The number of hydrogen-bond acceptors (Lipinski definition) is 4. The van der Waals surface area contributed by atoms with E-state index in [2.05, 4.69) is 22.6 Å². The van der Waals surface area contributed by atoms with E-state index in [4.69, 9.17) is 10.8 Å². The Bertz CT molecular complexity index is 1110. The number of amides is 3. The molecule has 9 heteroatoms. The van der Waals surface area contributed by atoms with Crippen LogP contribution in [-0.2, 0) is 0 Å². The molecule has 4 N–H and O–H groups in total. The molecule has 2 heterocycles. The summed E-state index contributed by atoms with van der Waals surface area (Å²) in [5.41, 5.74) is 9.15. The fourth-order valence-corrected chi connectivity index (χ4v) is 3.99. The van der Waals surface area contributed by atoms with E-state index in [9.17, 15) is 9.59 Å². The van der Waals surface area contributed by atoms with E-state index >= 15 is 0 Å². The molecule has 2 aromatic carbocycles. The van der Waals surface area contributed by atoms with Gasteiger partial charge in [-0.2, -0.15) is 18.6 Å². The number of carbonyl (C=O) groups excluding carboxylic acids is 2. The first-order valence-electron chi connectivity index (χ1n) is 10.7. The van der Waals surface area contributed by atoms with Crippen molar-refractivity contribution in [3.05, 3.63) is 65.7 Å². The number of para-hydroxylation sites is 1. The maximum absolute atomic E-state index is 12.7. The highest BCUT2D eigenvalue weighted by Gasteiger charge is 2.21. The molecule has 1 aromatic heterocycles. The van der Waals surface area contributed by atoms with Crippen LogP contribution in [-0.4, -0.2) is 52.8 Å². The molecule has 33 heavy (non-hydrogen) atoms. The van der Waals surface area contributed by atoms with Gasteiger partial charge in [0.05, 0.1) is 11.4 Å². The summed E-state index contributed by atoms with van der Waals surface area (Å²) in [7, 11) is 2.10. The molecule has 4 rings (SSSR count). The fourth-order valence-electron chi connectivity index (χ4n) is 3.99. The predicted octanol–water partition coefficient (Wildman–Crippen LogP) is 3.28. The standard InChI is InChI=1S/C24H28N6O2.H2S/c1-16-21(28-30(22(16)27-24(25)32)20-6-4-3-5-7-20)17-8-10-18(11-9-17)23(31)26-19-12-14-29(2)15-13-19;/h3-11,19H,12-15H2,1-2H3,(H,26,31)(H3,25,27,32);1H2. The molecule has 1 saturated heterocycles. The highest BCUT2D eigenvalue weighted by molar-refractivity contribution is 7.59. The van der Waals surface area contributed by atoms with Gasteiger partial charge >= 0.3 is 6.03 Å². The minimum Gasteiger partial charge on any atom is -0.351 e. The summed E-state index contributed by atoms with van der Waals surface area (Å²) in [6.07, 6.45) is 1.93. The molecular weight excluding hydrogens is 436 g/mol. The number of aromatic nitrogens is 2. The number of rotatable bonds is 5. The van der Waals surface area contributed by atoms with Crippen molar-refractivity contribution in [2.75, 3.05) is 25.5 Å². The molecule has 0 radical (unpaired) electrons. The largest absolute Gasteiger partial charge is 0.351 e. The molecule has 1 aliphatic rings. The molecule has 3 aromatic rings. The second kappa shape index (κ2) is 10.5. The van der Waals surface area contributed by atoms with Crippen LogP contribution in [0.3, 0.4) is 0 Å². The maximum Gasteiger partial charge on any atom is 0.317 e. The average Bonchev–Trinajstić information content (AvgIpc) is 3.11. The molecule has 0 aliphatic carbocycles. The number of hydrogen-bond donors (Lipinski definition) is 3. The zero-order chi connectivity index (χ0) is 22.7. The number of carbonyl (C=O) groups is 2. The van der Waals surface area contributed by atoms with Crippen molar-refractivity contribution in [1.29, 1.82) is 0 Å². The fraction of sp³-hybridized carbons (Fsp3) is 0.292. The third kappa shape index (κ3) is 5.55. The minimum absolute atomic E-state index is 0. The van der Waals surface area contributed by atoms with Gasteiger partial charge in [0.1, 0.15) is 5.82 Å². The molecular formula is C24H30N6O2S. The zero-order valence-corrected chi connectivity index (χ0v) is 19.8. The number of benzene rings is 2. The van der Waals surface area contributed by atoms with Crippen molar-refractivity contribution in [3.8, 4) is 16.9 Å². The normalized spacial score (nSPS) is 14.4. The van der Waals surface area contributed by atoms with Gasteiger partial charge in [-0.1, -0.05) is 30.3 Å². The summed E-state index contributed by atoms with van der Waals surface area (Å²) in [5, 5.41) is 10.5. The van der Waals surface area contributed by atoms with Crippen molar-refractivity contribution >= 4 is 31.3 Å². The second-order valence-electron chi connectivity index (χ2n) is 8.19. The second-order valence-corrected chi connectivity index (χ2v) is 8.19. The van der Waals surface area contributed by atoms with Crippen LogP contribution in [0.5, 0.6) is 0 Å². The quantitative estimate of drug-likeness (QED) is 0.537. The van der Waals surface area contributed by atoms with Gasteiger partial charge < -0.3 is 16.0 Å². The molecule has 1 fully saturated rings. The lowest BCUT2D eigenvalue weighted by Crippen LogP contribution is -2.43. The smallest absolute Gasteiger partial charge is 0.317 e. The third-order valence-electron chi connectivity index (χ3n) is 5.84. The highest BCUT2D eigenvalue weighted by atomic mass is 32.1. The van der Waals surface area contributed by atoms with Crippen molar-refractivity contribution in [2.24, 2.45) is 5.73 Å². The Labute approximate surface area is 200 Å². The van der Waals surface area contributed by atoms with E-state index < -0.39 is 6.03 Å². The number of anilines is 1. The third-order valence-corrected chi connectivity index (χ3v) is 5.84. The topological polar surface area (TPSA) is 105 Å². The Morgan fingerprint density at radius 1 is 1.03 bits per heavy atom. The summed E-state index contributed by atoms with van der Waals surface area (Å²) in [6, 6.07) is 16.4. The average molecular weight is 467 g/mol. The van der Waals surface area contributed by atoms with Gasteiger partial charge in [0.2, 0.25) is 0 Å². The van der Waals surface area contributed by atoms with E-state index in [0.29, 0.717) is 17.1 Å². The lowest BCUT2D eigenvalue weighted by molar-refractivity contribution is 0.0917. The lowest BCUT2D eigenvalue weighted by Gasteiger charge is -2.29. The molecule has 0 spiro atoms. The van der Waals surface area contributed by atoms with Crippen molar-refractivity contribution < 1.29 is 9.59 Å². The SMILES string of the molecule is Cc1c(-c2ccc(C(=O)NC3CCN(C)CC3)cc2)nn(-c2ccccc2)c1NC(N)=O.S. The van der Waals surface area contributed by atoms with Gasteiger partial charge in [-0.05, 0) is 64.2 Å². The van der Waals surface area contributed by atoms with Crippen molar-refractivity contribution in [1.82, 2.24) is 20.0 Å². The summed E-state index contributed by atoms with van der Waals surface area (Å²) in [6.45, 7) is 3.87. The highest BCUT2D eigenvalue weighted by Crippen LogP contribution is 2.30. The van der Waals surface area contributed by atoms with Crippen LogP contribution < -0.4 is 16.4 Å². The van der Waals surface area contributed by atoms with Crippen LogP contribution in [0.2, 0.25) is 0 Å². The van der Waals surface area contributed by atoms with Gasteiger partial charge in [-0.15, -0.1) is 0 Å². The lowest BCUT2D eigenvalue weighted by atomic mass is 10.0. The van der Waals surface area contributed by atoms with Gasteiger partial charge in [-0.3, -0.25) is 10.1 Å². The molecule has 0 unspecified atom stereocenters. The van der Waals surface area contributed by atoms with Crippen LogP contribution in [0.15, 0.2) is 54.6 Å². The Morgan fingerprint density at radius 3 is 2.27 bits per heavy atom. The Kier molecular flexibility index (Phi) is 7.78. The summed E-state index contributed by atoms with van der Waals surface area (Å²) >= 11 is 0. The van der Waals surface area contributed by atoms with Gasteiger partial charge in [0.15, 0.2) is 0 Å². The van der Waals surface area contributed by atoms with Crippen molar-refractivity contribution in [2.45, 2.75) is 25.8 Å². The minimum atomic E-state index is -0.655. The Hall–Kier alpha value is -3.30. The van der Waals surface area contributed by atoms with Crippen LogP contribution >= 0.6 is 13.5 Å². The number of piperidine rings is 1. The molecule has 0 saturated carbocycles. The van der Waals surface area contributed by atoms with Crippen LogP contribution in [0.4, 0.5) is 10.6 Å². The molecule has 0 bridgehead atoms. The predicted molar refractivity (Wildman–Crippen MR) is 135 cm³/mol. The summed E-state index contributed by atoms with van der Waals surface area (Å²) in [4.78, 5) is 26.5. The molecule has 1 aliphatic heterocycles. The van der Waals surface area contributed by atoms with E-state index in [0.717, 1.165) is 42.7 Å². The Morgan fingerprint density at radius 2 is 1.67 bits per heavy atom. The number of nitrogens with two attached hydrogens (primary N) is 1. The number of urea groups is 1. The maximum atomic E-state index is 12.7. The van der Waals surface area contributed by atoms with Crippen LogP contribution in [0.1, 0.15) is 28.8 Å². The van der Waals surface area contributed by atoms with Gasteiger partial charge in [0, 0.05) is 22.7 Å². The first-order chi connectivity index (χ1) is 15.4. The number of nitrogens with one attached hydrogen (secondary N) is 2. The number of nitrogens with zero attached hydrogens (tertiary/aromatic N) is 3.